The summed E-state index contributed by atoms with van der Waals surface area (Å²) in [4.78, 5) is 26.2. The lowest BCUT2D eigenvalue weighted by Crippen LogP contribution is -2.48. The second-order valence-corrected chi connectivity index (χ2v) is 5.17. The number of nitrogens with one attached hydrogen (secondary N) is 1. The Hall–Kier alpha value is -2.04. The molecule has 1 saturated heterocycles. The molecule has 5 heteroatoms. The summed E-state index contributed by atoms with van der Waals surface area (Å²) in [5, 5.41) is 2.72. The standard InChI is InChI=1S/C15H21N3O2/c1-11(15(20)18-9-5-2-6-10-18)17-14(19)12-7-3-4-8-13(12)16/h3-4,7-8,11H,2,5-6,9-10,16H2,1H3,(H,17,19). The van der Waals surface area contributed by atoms with Crippen LogP contribution < -0.4 is 11.1 Å². The highest BCUT2D eigenvalue weighted by Gasteiger charge is 2.24. The Balaban J connectivity index is 1.97. The number of nitrogens with zero attached hydrogens (tertiary/aromatic N) is 1. The number of piperidine rings is 1. The van der Waals surface area contributed by atoms with E-state index >= 15 is 0 Å². The zero-order valence-electron chi connectivity index (χ0n) is 11.8. The van der Waals surface area contributed by atoms with Gasteiger partial charge in [-0.3, -0.25) is 9.59 Å². The number of carbonyl (C=O) groups is 2. The molecule has 108 valence electrons. The van der Waals surface area contributed by atoms with Crippen LogP contribution in [0.1, 0.15) is 36.5 Å². The van der Waals surface area contributed by atoms with Crippen molar-refractivity contribution < 1.29 is 9.59 Å². The van der Waals surface area contributed by atoms with E-state index < -0.39 is 6.04 Å². The van der Waals surface area contributed by atoms with Crippen LogP contribution in [0.3, 0.4) is 0 Å². The van der Waals surface area contributed by atoms with Crippen molar-refractivity contribution in [3.63, 3.8) is 0 Å². The highest BCUT2D eigenvalue weighted by atomic mass is 16.2. The molecular formula is C15H21N3O2. The number of amides is 2. The molecule has 0 bridgehead atoms. The quantitative estimate of drug-likeness (QED) is 0.819. The van der Waals surface area contributed by atoms with Gasteiger partial charge in [-0.1, -0.05) is 12.1 Å². The summed E-state index contributed by atoms with van der Waals surface area (Å²) in [6, 6.07) is 6.33. The van der Waals surface area contributed by atoms with Crippen LogP contribution in [0.5, 0.6) is 0 Å². The zero-order valence-corrected chi connectivity index (χ0v) is 11.8. The van der Waals surface area contributed by atoms with Gasteiger partial charge < -0.3 is 16.0 Å². The third-order valence-electron chi connectivity index (χ3n) is 3.59. The van der Waals surface area contributed by atoms with Gasteiger partial charge in [-0.05, 0) is 38.3 Å². The number of anilines is 1. The lowest BCUT2D eigenvalue weighted by atomic mass is 10.1. The summed E-state index contributed by atoms with van der Waals surface area (Å²) in [6.45, 7) is 3.28. The van der Waals surface area contributed by atoms with Crippen molar-refractivity contribution in [2.75, 3.05) is 18.8 Å². The molecule has 1 aliphatic heterocycles. The fourth-order valence-corrected chi connectivity index (χ4v) is 2.43. The third-order valence-corrected chi connectivity index (χ3v) is 3.59. The van der Waals surface area contributed by atoms with Crippen LogP contribution >= 0.6 is 0 Å². The summed E-state index contributed by atoms with van der Waals surface area (Å²) in [5.74, 6) is -0.325. The van der Waals surface area contributed by atoms with Gasteiger partial charge in [-0.25, -0.2) is 0 Å². The largest absolute Gasteiger partial charge is 0.398 e. The maximum Gasteiger partial charge on any atom is 0.254 e. The van der Waals surface area contributed by atoms with Gasteiger partial charge >= 0.3 is 0 Å². The monoisotopic (exact) mass is 275 g/mol. The topological polar surface area (TPSA) is 75.4 Å². The molecule has 20 heavy (non-hydrogen) atoms. The molecule has 1 aromatic rings. The summed E-state index contributed by atoms with van der Waals surface area (Å²) in [5.41, 5.74) is 6.59. The molecule has 0 radical (unpaired) electrons. The van der Waals surface area contributed by atoms with Gasteiger partial charge in [0.1, 0.15) is 6.04 Å². The fraction of sp³-hybridized carbons (Fsp3) is 0.467. The van der Waals surface area contributed by atoms with E-state index in [4.69, 9.17) is 5.73 Å². The molecule has 1 heterocycles. The Labute approximate surface area is 119 Å². The van der Waals surface area contributed by atoms with Crippen LogP contribution in [0.15, 0.2) is 24.3 Å². The lowest BCUT2D eigenvalue weighted by Gasteiger charge is -2.29. The summed E-state index contributed by atoms with van der Waals surface area (Å²) in [6.07, 6.45) is 3.25. The molecule has 1 atom stereocenters. The molecule has 1 aliphatic rings. The first-order chi connectivity index (χ1) is 9.59. The maximum atomic E-state index is 12.2. The molecule has 0 saturated carbocycles. The normalized spacial score (nSPS) is 16.6. The van der Waals surface area contributed by atoms with Gasteiger partial charge in [-0.2, -0.15) is 0 Å². The van der Waals surface area contributed by atoms with Crippen molar-refractivity contribution >= 4 is 17.5 Å². The Kier molecular flexibility index (Phi) is 4.61. The average molecular weight is 275 g/mol. The highest BCUT2D eigenvalue weighted by molar-refractivity contribution is 6.01. The van der Waals surface area contributed by atoms with Crippen LogP contribution in [-0.4, -0.2) is 35.8 Å². The molecule has 5 nitrogen and oxygen atoms in total. The molecule has 2 rings (SSSR count). The third kappa shape index (κ3) is 3.29. The number of nitrogen functional groups attached to an aromatic ring is 1. The average Bonchev–Trinajstić information content (AvgIpc) is 2.47. The van der Waals surface area contributed by atoms with E-state index in [0.29, 0.717) is 11.3 Å². The molecule has 0 spiro atoms. The maximum absolute atomic E-state index is 12.2. The highest BCUT2D eigenvalue weighted by Crippen LogP contribution is 2.12. The first-order valence-corrected chi connectivity index (χ1v) is 7.04. The number of nitrogens with two attached hydrogens (primary N) is 1. The van der Waals surface area contributed by atoms with Crippen LogP contribution in [-0.2, 0) is 4.79 Å². The van der Waals surface area contributed by atoms with Crippen molar-refractivity contribution in [1.29, 1.82) is 0 Å². The number of likely N-dealkylation sites (tertiary alicyclic amines) is 1. The van der Waals surface area contributed by atoms with Crippen molar-refractivity contribution in [2.45, 2.75) is 32.2 Å². The van der Waals surface area contributed by atoms with Gasteiger partial charge in [0.25, 0.3) is 5.91 Å². The van der Waals surface area contributed by atoms with Crippen LogP contribution in [0, 0.1) is 0 Å². The predicted octanol–water partition coefficient (Wildman–Crippen LogP) is 1.40. The molecule has 1 aromatic carbocycles. The van der Waals surface area contributed by atoms with Crippen molar-refractivity contribution in [3.05, 3.63) is 29.8 Å². The second-order valence-electron chi connectivity index (χ2n) is 5.17. The van der Waals surface area contributed by atoms with E-state index in [1.165, 1.54) is 6.42 Å². The zero-order chi connectivity index (χ0) is 14.5. The first kappa shape index (κ1) is 14.4. The molecule has 3 N–H and O–H groups in total. The van der Waals surface area contributed by atoms with E-state index in [2.05, 4.69) is 5.32 Å². The van der Waals surface area contributed by atoms with Crippen LogP contribution in [0.4, 0.5) is 5.69 Å². The Morgan fingerprint density at radius 3 is 2.50 bits per heavy atom. The van der Waals surface area contributed by atoms with Crippen LogP contribution in [0.2, 0.25) is 0 Å². The van der Waals surface area contributed by atoms with Crippen molar-refractivity contribution in [3.8, 4) is 0 Å². The minimum absolute atomic E-state index is 0.0208. The minimum atomic E-state index is -0.528. The molecule has 0 aromatic heterocycles. The number of hydrogen-bond donors (Lipinski definition) is 2. The van der Waals surface area contributed by atoms with E-state index in [9.17, 15) is 9.59 Å². The first-order valence-electron chi connectivity index (χ1n) is 7.04. The molecular weight excluding hydrogens is 254 g/mol. The number of para-hydroxylation sites is 1. The number of benzene rings is 1. The van der Waals surface area contributed by atoms with E-state index in [1.807, 2.05) is 4.90 Å². The summed E-state index contributed by atoms with van der Waals surface area (Å²) >= 11 is 0. The molecule has 2 amide bonds. The Morgan fingerprint density at radius 2 is 1.85 bits per heavy atom. The van der Waals surface area contributed by atoms with E-state index in [-0.39, 0.29) is 11.8 Å². The fourth-order valence-electron chi connectivity index (χ4n) is 2.43. The van der Waals surface area contributed by atoms with E-state index in [1.54, 1.807) is 31.2 Å². The van der Waals surface area contributed by atoms with Gasteiger partial charge in [-0.15, -0.1) is 0 Å². The van der Waals surface area contributed by atoms with Crippen LogP contribution in [0.25, 0.3) is 0 Å². The molecule has 1 unspecified atom stereocenters. The number of hydrogen-bond acceptors (Lipinski definition) is 3. The Morgan fingerprint density at radius 1 is 1.20 bits per heavy atom. The lowest BCUT2D eigenvalue weighted by molar-refractivity contribution is -0.133. The minimum Gasteiger partial charge on any atom is -0.398 e. The predicted molar refractivity (Wildman–Crippen MR) is 78.2 cm³/mol. The Bertz CT molecular complexity index is 496. The summed E-state index contributed by atoms with van der Waals surface area (Å²) in [7, 11) is 0. The molecule has 1 fully saturated rings. The van der Waals surface area contributed by atoms with E-state index in [0.717, 1.165) is 25.9 Å². The van der Waals surface area contributed by atoms with Crippen molar-refractivity contribution in [1.82, 2.24) is 10.2 Å². The number of carbonyl (C=O) groups excluding carboxylic acids is 2. The van der Waals surface area contributed by atoms with Gasteiger partial charge in [0.2, 0.25) is 5.91 Å². The van der Waals surface area contributed by atoms with Gasteiger partial charge in [0, 0.05) is 18.8 Å². The second kappa shape index (κ2) is 6.41. The van der Waals surface area contributed by atoms with Gasteiger partial charge in [0.05, 0.1) is 5.56 Å². The summed E-state index contributed by atoms with van der Waals surface area (Å²) < 4.78 is 0. The SMILES string of the molecule is CC(NC(=O)c1ccccc1N)C(=O)N1CCCCC1. The van der Waals surface area contributed by atoms with Crippen molar-refractivity contribution in [2.24, 2.45) is 0 Å². The number of rotatable bonds is 3. The molecule has 0 aliphatic carbocycles. The van der Waals surface area contributed by atoms with Gasteiger partial charge in [0.15, 0.2) is 0 Å². The smallest absolute Gasteiger partial charge is 0.254 e.